The number of hydrogen-bond donors (Lipinski definition) is 4. The number of amides is 3. The summed E-state index contributed by atoms with van der Waals surface area (Å²) in [6, 6.07) is -0.949. The molecule has 0 radical (unpaired) electrons. The van der Waals surface area contributed by atoms with Gasteiger partial charge in [-0.3, -0.25) is 9.59 Å². The summed E-state index contributed by atoms with van der Waals surface area (Å²) in [5, 5.41) is 9.72. The van der Waals surface area contributed by atoms with Crippen molar-refractivity contribution in [3.63, 3.8) is 0 Å². The molecule has 4 fully saturated rings. The first kappa shape index (κ1) is 34.2. The fourth-order valence-electron chi connectivity index (χ4n) is 8.87. The highest BCUT2D eigenvalue weighted by Gasteiger charge is 2.44. The molecule has 3 amide bonds. The summed E-state index contributed by atoms with van der Waals surface area (Å²) in [6.07, 6.45) is 25.5. The molecular weight excluding hydrogens is 536 g/mol. The first-order chi connectivity index (χ1) is 20.8. The van der Waals surface area contributed by atoms with E-state index in [1.165, 1.54) is 103 Å². The molecule has 4 aliphatic rings. The summed E-state index contributed by atoms with van der Waals surface area (Å²) in [7, 11) is 0. The van der Waals surface area contributed by atoms with Gasteiger partial charge in [-0.1, -0.05) is 110 Å². The molecule has 4 rings (SSSR count). The number of carbonyl (C=O) groups is 3. The Morgan fingerprint density at radius 3 is 1.70 bits per heavy atom. The molecule has 0 aliphatic heterocycles. The molecule has 5 unspecified atom stereocenters. The number of primary amides is 1. The average Bonchev–Trinajstić information content (AvgIpc) is 3.04. The second-order valence-electron chi connectivity index (χ2n) is 15.0. The fourth-order valence-corrected chi connectivity index (χ4v) is 8.87. The molecule has 0 heterocycles. The zero-order chi connectivity index (χ0) is 30.6. The van der Waals surface area contributed by atoms with Gasteiger partial charge in [-0.2, -0.15) is 0 Å². The maximum atomic E-state index is 14.1. The molecule has 6 atom stereocenters. The van der Waals surface area contributed by atoms with Crippen LogP contribution in [0.2, 0.25) is 0 Å². The Labute approximate surface area is 262 Å². The highest BCUT2D eigenvalue weighted by molar-refractivity contribution is 5.92. The van der Waals surface area contributed by atoms with Gasteiger partial charge in [0.2, 0.25) is 5.91 Å². The van der Waals surface area contributed by atoms with Crippen molar-refractivity contribution in [2.24, 2.45) is 41.2 Å². The number of rotatable bonds is 13. The predicted octanol–water partition coefficient (Wildman–Crippen LogP) is 7.02. The lowest BCUT2D eigenvalue weighted by molar-refractivity contribution is -0.136. The van der Waals surface area contributed by atoms with Crippen LogP contribution in [0.5, 0.6) is 0 Å². The van der Waals surface area contributed by atoms with E-state index in [9.17, 15) is 14.4 Å². The van der Waals surface area contributed by atoms with Crippen LogP contribution >= 0.6 is 0 Å². The minimum Gasteiger partial charge on any atom is -0.352 e. The fraction of sp³-hybridized carbons (Fsp3) is 0.917. The number of hydrogen-bond acceptors (Lipinski definition) is 4. The van der Waals surface area contributed by atoms with E-state index in [4.69, 9.17) is 5.73 Å². The van der Waals surface area contributed by atoms with E-state index in [2.05, 4.69) is 29.8 Å². The Morgan fingerprint density at radius 2 is 1.23 bits per heavy atom. The van der Waals surface area contributed by atoms with Crippen LogP contribution in [0.15, 0.2) is 0 Å². The first-order valence-electron chi connectivity index (χ1n) is 18.5. The largest absolute Gasteiger partial charge is 0.352 e. The lowest BCUT2D eigenvalue weighted by atomic mass is 9.62. The van der Waals surface area contributed by atoms with E-state index >= 15 is 0 Å². The van der Waals surface area contributed by atoms with Crippen molar-refractivity contribution in [1.29, 1.82) is 0 Å². The van der Waals surface area contributed by atoms with E-state index in [0.29, 0.717) is 43.2 Å². The zero-order valence-corrected chi connectivity index (χ0v) is 27.6. The van der Waals surface area contributed by atoms with E-state index in [0.717, 1.165) is 25.2 Å². The topological polar surface area (TPSA) is 113 Å². The molecular formula is C36H64N4O3. The molecule has 0 spiro atoms. The van der Waals surface area contributed by atoms with Crippen LogP contribution in [0.25, 0.3) is 0 Å². The lowest BCUT2D eigenvalue weighted by Gasteiger charge is -2.45. The molecule has 43 heavy (non-hydrogen) atoms. The summed E-state index contributed by atoms with van der Waals surface area (Å²) < 4.78 is 0. The molecule has 0 aromatic carbocycles. The third-order valence-corrected chi connectivity index (χ3v) is 11.8. The molecule has 0 aromatic rings. The molecule has 0 bridgehead atoms. The van der Waals surface area contributed by atoms with Gasteiger partial charge in [0, 0.05) is 18.5 Å². The average molecular weight is 601 g/mol. The molecule has 0 aromatic heterocycles. The molecule has 0 saturated heterocycles. The van der Waals surface area contributed by atoms with Crippen LogP contribution in [-0.4, -0.2) is 42.4 Å². The van der Waals surface area contributed by atoms with Gasteiger partial charge in [0.1, 0.15) is 0 Å². The van der Waals surface area contributed by atoms with Crippen molar-refractivity contribution < 1.29 is 14.4 Å². The second kappa shape index (κ2) is 17.8. The Balaban J connectivity index is 1.39. The van der Waals surface area contributed by atoms with Gasteiger partial charge in [-0.15, -0.1) is 0 Å². The van der Waals surface area contributed by atoms with Gasteiger partial charge >= 0.3 is 6.03 Å². The van der Waals surface area contributed by atoms with Crippen LogP contribution in [0.1, 0.15) is 149 Å². The van der Waals surface area contributed by atoms with Gasteiger partial charge in [-0.25, -0.2) is 4.79 Å². The number of ketones is 1. The Morgan fingerprint density at radius 1 is 0.698 bits per heavy atom. The first-order valence-corrected chi connectivity index (χ1v) is 18.5. The van der Waals surface area contributed by atoms with E-state index in [1.54, 1.807) is 0 Å². The zero-order valence-electron chi connectivity index (χ0n) is 27.6. The van der Waals surface area contributed by atoms with E-state index < -0.39 is 12.1 Å². The summed E-state index contributed by atoms with van der Waals surface area (Å²) in [5.74, 6) is 2.95. The van der Waals surface area contributed by atoms with Crippen molar-refractivity contribution in [3.05, 3.63) is 0 Å². The number of Topliss-reactive ketones (excluding diaryl/α,β-unsaturated/α-hetero) is 1. The van der Waals surface area contributed by atoms with Gasteiger partial charge in [0.15, 0.2) is 5.78 Å². The summed E-state index contributed by atoms with van der Waals surface area (Å²) in [4.78, 5) is 39.3. The monoisotopic (exact) mass is 600 g/mol. The molecule has 7 nitrogen and oxygen atoms in total. The summed E-state index contributed by atoms with van der Waals surface area (Å²) in [6.45, 7) is 4.66. The van der Waals surface area contributed by atoms with Crippen LogP contribution < -0.4 is 21.7 Å². The van der Waals surface area contributed by atoms with Gasteiger partial charge in [0.05, 0.1) is 12.1 Å². The maximum Gasteiger partial charge on any atom is 0.312 e. The van der Waals surface area contributed by atoms with Crippen molar-refractivity contribution in [2.75, 3.05) is 6.54 Å². The van der Waals surface area contributed by atoms with Crippen molar-refractivity contribution in [3.8, 4) is 0 Å². The third-order valence-electron chi connectivity index (χ3n) is 11.8. The Hall–Kier alpha value is -1.63. The Kier molecular flexibility index (Phi) is 14.1. The second-order valence-corrected chi connectivity index (χ2v) is 15.0. The van der Waals surface area contributed by atoms with Crippen LogP contribution in [-0.2, 0) is 9.59 Å². The standard InChI is InChI=1S/C36H64N4O3/c1-25(2)33(39-31-23-22-29(31)27-17-12-8-5-9-13-18-27)35(42)40-32(19-14-24-38-36(37)43)34(41)30-21-20-28(30)26-15-10-6-3-4-7-11-16-26/h25-33,39H,3-24H2,1-2H3,(H,40,42)(H3,37,38,43)/t28?,29?,30?,31?,32-,33?/m0/s1. The molecule has 5 N–H and O–H groups in total. The minimum absolute atomic E-state index is 0.0298. The molecule has 7 heteroatoms. The number of urea groups is 1. The summed E-state index contributed by atoms with van der Waals surface area (Å²) in [5.41, 5.74) is 5.29. The van der Waals surface area contributed by atoms with Crippen molar-refractivity contribution >= 4 is 17.7 Å². The van der Waals surface area contributed by atoms with E-state index in [-0.39, 0.29) is 29.6 Å². The van der Waals surface area contributed by atoms with Crippen molar-refractivity contribution in [2.45, 2.75) is 167 Å². The quantitative estimate of drug-likeness (QED) is 0.170. The highest BCUT2D eigenvalue weighted by atomic mass is 16.2. The normalized spacial score (nSPS) is 29.4. The lowest BCUT2D eigenvalue weighted by Crippen LogP contribution is -2.59. The highest BCUT2D eigenvalue weighted by Crippen LogP contribution is 2.45. The van der Waals surface area contributed by atoms with Gasteiger partial charge in [0.25, 0.3) is 0 Å². The van der Waals surface area contributed by atoms with Crippen molar-refractivity contribution in [1.82, 2.24) is 16.0 Å². The van der Waals surface area contributed by atoms with Crippen LogP contribution in [0.3, 0.4) is 0 Å². The maximum absolute atomic E-state index is 14.1. The molecule has 246 valence electrons. The third kappa shape index (κ3) is 10.2. The molecule has 4 saturated carbocycles. The number of nitrogens with one attached hydrogen (secondary N) is 3. The Bertz CT molecular complexity index is 861. The number of nitrogens with two attached hydrogens (primary N) is 1. The van der Waals surface area contributed by atoms with Crippen LogP contribution in [0.4, 0.5) is 4.79 Å². The smallest absolute Gasteiger partial charge is 0.312 e. The number of carbonyl (C=O) groups excluding carboxylic acids is 3. The summed E-state index contributed by atoms with van der Waals surface area (Å²) >= 11 is 0. The van der Waals surface area contributed by atoms with E-state index in [1.807, 2.05) is 0 Å². The van der Waals surface area contributed by atoms with Gasteiger partial charge < -0.3 is 21.7 Å². The predicted molar refractivity (Wildman–Crippen MR) is 174 cm³/mol. The SMILES string of the molecule is CC(C)C(NC1CCC1C1CCCCCCC1)C(=O)N[C@@H](CCCNC(N)=O)C(=O)C1CCC1C1CCCCCCCC1. The minimum atomic E-state index is -0.547. The van der Waals surface area contributed by atoms with Crippen LogP contribution in [0, 0.1) is 35.5 Å². The molecule has 4 aliphatic carbocycles. The van der Waals surface area contributed by atoms with Gasteiger partial charge in [-0.05, 0) is 68.1 Å².